The molecule has 0 aliphatic rings. The first-order chi connectivity index (χ1) is 7.38. The van der Waals surface area contributed by atoms with Crippen LogP contribution in [0.4, 0.5) is 0 Å². The molecule has 84 valence electrons. The van der Waals surface area contributed by atoms with Gasteiger partial charge in [0.15, 0.2) is 0 Å². The van der Waals surface area contributed by atoms with Gasteiger partial charge in [-0.05, 0) is 37.6 Å². The maximum absolute atomic E-state index is 5.30. The summed E-state index contributed by atoms with van der Waals surface area (Å²) in [7, 11) is 1.73. The number of para-hydroxylation sites is 1. The van der Waals surface area contributed by atoms with E-state index in [1.54, 1.807) is 7.11 Å². The van der Waals surface area contributed by atoms with Crippen molar-refractivity contribution in [2.24, 2.45) is 0 Å². The maximum Gasteiger partial charge on any atom is 0.122 e. The molecule has 0 spiro atoms. The van der Waals surface area contributed by atoms with Crippen molar-refractivity contribution in [1.82, 2.24) is 5.32 Å². The van der Waals surface area contributed by atoms with Gasteiger partial charge in [0.05, 0.1) is 7.11 Å². The van der Waals surface area contributed by atoms with Crippen LogP contribution >= 0.6 is 0 Å². The fourth-order valence-electron chi connectivity index (χ4n) is 1.56. The molecule has 0 amide bonds. The highest BCUT2D eigenvalue weighted by atomic mass is 16.5. The van der Waals surface area contributed by atoms with Gasteiger partial charge in [0, 0.05) is 0 Å². The third-order valence-corrected chi connectivity index (χ3v) is 2.47. The summed E-state index contributed by atoms with van der Waals surface area (Å²) in [6.45, 7) is 4.36. The molecule has 2 nitrogen and oxygen atoms in total. The summed E-state index contributed by atoms with van der Waals surface area (Å²) < 4.78 is 5.30. The molecule has 1 aromatic rings. The van der Waals surface area contributed by atoms with Crippen molar-refractivity contribution in [1.29, 1.82) is 0 Å². The quantitative estimate of drug-likeness (QED) is 0.694. The van der Waals surface area contributed by atoms with Crippen LogP contribution in [0.3, 0.4) is 0 Å². The number of benzene rings is 1. The van der Waals surface area contributed by atoms with E-state index in [1.807, 2.05) is 12.1 Å². The lowest BCUT2D eigenvalue weighted by Crippen LogP contribution is -2.18. The Hall–Kier alpha value is -1.02. The summed E-state index contributed by atoms with van der Waals surface area (Å²) in [5, 5.41) is 3.43. The van der Waals surface area contributed by atoms with Crippen molar-refractivity contribution in [3.63, 3.8) is 0 Å². The van der Waals surface area contributed by atoms with Crippen LogP contribution in [-0.4, -0.2) is 20.2 Å². The van der Waals surface area contributed by atoms with Crippen molar-refractivity contribution >= 4 is 0 Å². The van der Waals surface area contributed by atoms with Gasteiger partial charge < -0.3 is 10.1 Å². The highest BCUT2D eigenvalue weighted by Crippen LogP contribution is 2.17. The molecule has 1 N–H and O–H groups in total. The number of methoxy groups -OCH3 is 1. The molecule has 0 fully saturated rings. The number of nitrogens with one attached hydrogen (secondary N) is 1. The van der Waals surface area contributed by atoms with Crippen LogP contribution in [0.15, 0.2) is 24.3 Å². The summed E-state index contributed by atoms with van der Waals surface area (Å²) >= 11 is 0. The summed E-state index contributed by atoms with van der Waals surface area (Å²) in [6, 6.07) is 8.21. The molecular weight excluding hydrogens is 186 g/mol. The van der Waals surface area contributed by atoms with E-state index in [0.29, 0.717) is 0 Å². The van der Waals surface area contributed by atoms with E-state index in [2.05, 4.69) is 24.4 Å². The smallest absolute Gasteiger partial charge is 0.122 e. The zero-order chi connectivity index (χ0) is 10.9. The standard InChI is InChI=1S/C13H21NO/c1-3-4-10-14-11-9-12-7-5-6-8-13(12)15-2/h5-8,14H,3-4,9-11H2,1-2H3. The highest BCUT2D eigenvalue weighted by Gasteiger charge is 1.99. The van der Waals surface area contributed by atoms with Crippen molar-refractivity contribution in [3.8, 4) is 5.75 Å². The van der Waals surface area contributed by atoms with Crippen LogP contribution in [0.5, 0.6) is 5.75 Å². The van der Waals surface area contributed by atoms with Crippen molar-refractivity contribution in [3.05, 3.63) is 29.8 Å². The number of rotatable bonds is 7. The Bertz CT molecular complexity index is 273. The van der Waals surface area contributed by atoms with E-state index >= 15 is 0 Å². The zero-order valence-electron chi connectivity index (χ0n) is 9.75. The Morgan fingerprint density at radius 3 is 2.73 bits per heavy atom. The third-order valence-electron chi connectivity index (χ3n) is 2.47. The average molecular weight is 207 g/mol. The predicted octanol–water partition coefficient (Wildman–Crippen LogP) is 2.63. The average Bonchev–Trinajstić information content (AvgIpc) is 2.29. The predicted molar refractivity (Wildman–Crippen MR) is 64.5 cm³/mol. The van der Waals surface area contributed by atoms with Crippen molar-refractivity contribution in [2.75, 3.05) is 20.2 Å². The van der Waals surface area contributed by atoms with Gasteiger partial charge in [-0.15, -0.1) is 0 Å². The van der Waals surface area contributed by atoms with Crippen LogP contribution in [0.1, 0.15) is 25.3 Å². The van der Waals surface area contributed by atoms with Gasteiger partial charge in [0.25, 0.3) is 0 Å². The van der Waals surface area contributed by atoms with Crippen molar-refractivity contribution < 1.29 is 4.74 Å². The zero-order valence-corrected chi connectivity index (χ0v) is 9.75. The Morgan fingerprint density at radius 2 is 2.00 bits per heavy atom. The van der Waals surface area contributed by atoms with E-state index < -0.39 is 0 Å². The molecular formula is C13H21NO. The normalized spacial score (nSPS) is 10.3. The number of unbranched alkanes of at least 4 members (excludes halogenated alkanes) is 1. The van der Waals surface area contributed by atoms with Crippen LogP contribution < -0.4 is 10.1 Å². The summed E-state index contributed by atoms with van der Waals surface area (Å²) in [4.78, 5) is 0. The topological polar surface area (TPSA) is 21.3 Å². The summed E-state index contributed by atoms with van der Waals surface area (Å²) in [5.74, 6) is 0.995. The maximum atomic E-state index is 5.30. The minimum Gasteiger partial charge on any atom is -0.496 e. The second-order valence-corrected chi connectivity index (χ2v) is 3.67. The van der Waals surface area contributed by atoms with Gasteiger partial charge in [-0.25, -0.2) is 0 Å². The van der Waals surface area contributed by atoms with E-state index in [-0.39, 0.29) is 0 Å². The van der Waals surface area contributed by atoms with E-state index in [0.717, 1.165) is 25.3 Å². The van der Waals surface area contributed by atoms with E-state index in [1.165, 1.54) is 18.4 Å². The summed E-state index contributed by atoms with van der Waals surface area (Å²) in [5.41, 5.74) is 1.28. The first-order valence-electron chi connectivity index (χ1n) is 5.71. The molecule has 0 saturated heterocycles. The molecule has 1 aromatic carbocycles. The molecule has 0 aliphatic carbocycles. The Kier molecular flexibility index (Phi) is 5.86. The van der Waals surface area contributed by atoms with Gasteiger partial charge >= 0.3 is 0 Å². The van der Waals surface area contributed by atoms with Gasteiger partial charge in [0.1, 0.15) is 5.75 Å². The summed E-state index contributed by atoms with van der Waals surface area (Å²) in [6.07, 6.45) is 3.54. The minimum absolute atomic E-state index is 0.995. The lowest BCUT2D eigenvalue weighted by Gasteiger charge is -2.08. The highest BCUT2D eigenvalue weighted by molar-refractivity contribution is 5.33. The molecule has 0 aliphatic heterocycles. The molecule has 0 radical (unpaired) electrons. The second-order valence-electron chi connectivity index (χ2n) is 3.67. The molecule has 0 saturated carbocycles. The molecule has 0 unspecified atom stereocenters. The molecule has 0 atom stereocenters. The minimum atomic E-state index is 0.995. The van der Waals surface area contributed by atoms with Gasteiger partial charge in [0.2, 0.25) is 0 Å². The molecule has 0 aromatic heterocycles. The molecule has 0 bridgehead atoms. The lowest BCUT2D eigenvalue weighted by atomic mass is 10.1. The van der Waals surface area contributed by atoms with Crippen LogP contribution in [0.2, 0.25) is 0 Å². The fraction of sp³-hybridized carbons (Fsp3) is 0.538. The monoisotopic (exact) mass is 207 g/mol. The Morgan fingerprint density at radius 1 is 1.20 bits per heavy atom. The molecule has 0 heterocycles. The Labute approximate surface area is 92.6 Å². The largest absolute Gasteiger partial charge is 0.496 e. The molecule has 1 rings (SSSR count). The van der Waals surface area contributed by atoms with E-state index in [9.17, 15) is 0 Å². The van der Waals surface area contributed by atoms with Gasteiger partial charge in [-0.3, -0.25) is 0 Å². The molecule has 2 heteroatoms. The van der Waals surface area contributed by atoms with Crippen molar-refractivity contribution in [2.45, 2.75) is 26.2 Å². The first kappa shape index (κ1) is 12.1. The first-order valence-corrected chi connectivity index (χ1v) is 5.71. The van der Waals surface area contributed by atoms with Gasteiger partial charge in [-0.2, -0.15) is 0 Å². The number of hydrogen-bond acceptors (Lipinski definition) is 2. The van der Waals surface area contributed by atoms with Crippen LogP contribution in [0, 0.1) is 0 Å². The van der Waals surface area contributed by atoms with Gasteiger partial charge in [-0.1, -0.05) is 31.5 Å². The van der Waals surface area contributed by atoms with E-state index in [4.69, 9.17) is 4.74 Å². The van der Waals surface area contributed by atoms with Crippen LogP contribution in [-0.2, 0) is 6.42 Å². The number of hydrogen-bond donors (Lipinski definition) is 1. The SMILES string of the molecule is CCCCNCCc1ccccc1OC. The van der Waals surface area contributed by atoms with Crippen LogP contribution in [0.25, 0.3) is 0 Å². The fourth-order valence-corrected chi connectivity index (χ4v) is 1.56. The third kappa shape index (κ3) is 4.34. The second kappa shape index (κ2) is 7.30. The number of ether oxygens (including phenoxy) is 1. The molecule has 15 heavy (non-hydrogen) atoms. The Balaban J connectivity index is 2.30. The lowest BCUT2D eigenvalue weighted by molar-refractivity contribution is 0.409.